The summed E-state index contributed by atoms with van der Waals surface area (Å²) < 4.78 is 15.4. The minimum atomic E-state index is -0.376. The lowest BCUT2D eigenvalue weighted by Crippen LogP contribution is -2.20. The topological polar surface area (TPSA) is 60.1 Å². The van der Waals surface area contributed by atoms with Crippen LogP contribution in [0, 0.1) is 5.82 Å². The number of benzene rings is 2. The second-order valence-electron chi connectivity index (χ2n) is 5.76. The van der Waals surface area contributed by atoms with Gasteiger partial charge in [-0.1, -0.05) is 28.1 Å². The van der Waals surface area contributed by atoms with Crippen molar-refractivity contribution in [1.82, 2.24) is 14.6 Å². The van der Waals surface area contributed by atoms with Crippen LogP contribution in [-0.4, -0.2) is 20.9 Å². The minimum Gasteiger partial charge on any atom is -0.267 e. The molecule has 132 valence electrons. The third-order valence-electron chi connectivity index (χ3n) is 3.90. The standard InChI is InChI=1S/C20H12BrFN4O/c21-15-6-7-18-17(10-15)20(27)26(19(25-18)14-4-2-8-23-12-14)24-11-13-3-1-5-16(22)9-13/h1-12H. The van der Waals surface area contributed by atoms with Gasteiger partial charge in [-0.2, -0.15) is 9.78 Å². The number of pyridine rings is 1. The summed E-state index contributed by atoms with van der Waals surface area (Å²) in [4.78, 5) is 21.7. The van der Waals surface area contributed by atoms with Gasteiger partial charge in [-0.15, -0.1) is 0 Å². The highest BCUT2D eigenvalue weighted by Gasteiger charge is 2.13. The van der Waals surface area contributed by atoms with E-state index in [2.05, 4.69) is 31.0 Å². The molecule has 0 fully saturated rings. The van der Waals surface area contributed by atoms with Crippen molar-refractivity contribution < 1.29 is 4.39 Å². The maximum Gasteiger partial charge on any atom is 0.282 e. The van der Waals surface area contributed by atoms with Crippen molar-refractivity contribution in [3.63, 3.8) is 0 Å². The van der Waals surface area contributed by atoms with Crippen LogP contribution in [-0.2, 0) is 0 Å². The molecule has 27 heavy (non-hydrogen) atoms. The van der Waals surface area contributed by atoms with E-state index in [1.807, 2.05) is 6.07 Å². The first kappa shape index (κ1) is 17.2. The Hall–Kier alpha value is -3.19. The normalized spacial score (nSPS) is 11.3. The molecule has 2 aromatic carbocycles. The Morgan fingerprint density at radius 2 is 2.00 bits per heavy atom. The van der Waals surface area contributed by atoms with Crippen molar-refractivity contribution in [2.75, 3.05) is 0 Å². The summed E-state index contributed by atoms with van der Waals surface area (Å²) in [5.74, 6) is -0.0186. The zero-order chi connectivity index (χ0) is 18.8. The van der Waals surface area contributed by atoms with Crippen molar-refractivity contribution in [2.24, 2.45) is 5.10 Å². The van der Waals surface area contributed by atoms with E-state index < -0.39 is 0 Å². The summed E-state index contributed by atoms with van der Waals surface area (Å²) in [6.07, 6.45) is 4.68. The van der Waals surface area contributed by atoms with Gasteiger partial charge in [0.1, 0.15) is 5.82 Å². The number of nitrogens with zero attached hydrogens (tertiary/aromatic N) is 4. The molecule has 0 aliphatic heterocycles. The van der Waals surface area contributed by atoms with E-state index in [1.165, 1.54) is 23.0 Å². The molecule has 7 heteroatoms. The predicted molar refractivity (Wildman–Crippen MR) is 106 cm³/mol. The average molecular weight is 423 g/mol. The number of rotatable bonds is 3. The lowest BCUT2D eigenvalue weighted by molar-refractivity contribution is 0.627. The van der Waals surface area contributed by atoms with E-state index in [0.717, 1.165) is 4.47 Å². The molecule has 0 saturated carbocycles. The number of aromatic nitrogens is 3. The van der Waals surface area contributed by atoms with Gasteiger partial charge >= 0.3 is 0 Å². The summed E-state index contributed by atoms with van der Waals surface area (Å²) in [5.41, 5.74) is 1.41. The Bertz CT molecular complexity index is 1220. The summed E-state index contributed by atoms with van der Waals surface area (Å²) in [6, 6.07) is 14.8. The second kappa shape index (κ2) is 7.20. The average Bonchev–Trinajstić information content (AvgIpc) is 2.68. The molecule has 0 aliphatic carbocycles. The third-order valence-corrected chi connectivity index (χ3v) is 4.39. The summed E-state index contributed by atoms with van der Waals surface area (Å²) >= 11 is 3.37. The molecule has 4 aromatic rings. The van der Waals surface area contributed by atoms with Crippen molar-refractivity contribution in [3.8, 4) is 11.4 Å². The van der Waals surface area contributed by atoms with Gasteiger partial charge in [0.2, 0.25) is 0 Å². The Morgan fingerprint density at radius 3 is 2.78 bits per heavy atom. The summed E-state index contributed by atoms with van der Waals surface area (Å²) in [7, 11) is 0. The molecule has 5 nitrogen and oxygen atoms in total. The molecule has 0 spiro atoms. The van der Waals surface area contributed by atoms with Crippen LogP contribution in [0.15, 0.2) is 81.4 Å². The highest BCUT2D eigenvalue weighted by atomic mass is 79.9. The van der Waals surface area contributed by atoms with Crippen LogP contribution in [0.4, 0.5) is 4.39 Å². The van der Waals surface area contributed by atoms with E-state index in [0.29, 0.717) is 27.9 Å². The molecule has 2 aromatic heterocycles. The van der Waals surface area contributed by atoms with Crippen molar-refractivity contribution in [1.29, 1.82) is 0 Å². The van der Waals surface area contributed by atoms with E-state index in [-0.39, 0.29) is 11.4 Å². The molecule has 0 amide bonds. The Labute approximate surface area is 162 Å². The van der Waals surface area contributed by atoms with Gasteiger partial charge in [-0.3, -0.25) is 9.78 Å². The first-order chi connectivity index (χ1) is 13.1. The minimum absolute atomic E-state index is 0.326. The maximum absolute atomic E-state index is 13.4. The van der Waals surface area contributed by atoms with Crippen molar-refractivity contribution >= 4 is 33.0 Å². The van der Waals surface area contributed by atoms with E-state index >= 15 is 0 Å². The van der Waals surface area contributed by atoms with Crippen molar-refractivity contribution in [3.05, 3.63) is 93.2 Å². The van der Waals surface area contributed by atoms with Crippen LogP contribution < -0.4 is 5.56 Å². The molecule has 0 atom stereocenters. The highest BCUT2D eigenvalue weighted by Crippen LogP contribution is 2.20. The van der Waals surface area contributed by atoms with Crippen LogP contribution in [0.5, 0.6) is 0 Å². The molecule has 0 unspecified atom stereocenters. The monoisotopic (exact) mass is 422 g/mol. The lowest BCUT2D eigenvalue weighted by atomic mass is 10.2. The number of fused-ring (bicyclic) bond motifs is 1. The van der Waals surface area contributed by atoms with E-state index in [1.54, 1.807) is 48.8 Å². The molecule has 0 aliphatic rings. The molecule has 4 rings (SSSR count). The number of halogens is 2. The second-order valence-corrected chi connectivity index (χ2v) is 6.67. The molecular weight excluding hydrogens is 411 g/mol. The Kier molecular flexibility index (Phi) is 4.60. The van der Waals surface area contributed by atoms with Crippen molar-refractivity contribution in [2.45, 2.75) is 0 Å². The first-order valence-corrected chi connectivity index (χ1v) is 8.84. The fraction of sp³-hybridized carbons (Fsp3) is 0. The fourth-order valence-corrected chi connectivity index (χ4v) is 3.01. The van der Waals surface area contributed by atoms with Crippen LogP contribution in [0.3, 0.4) is 0 Å². The molecular formula is C20H12BrFN4O. The van der Waals surface area contributed by atoms with E-state index in [4.69, 9.17) is 0 Å². The number of hydrogen-bond donors (Lipinski definition) is 0. The van der Waals surface area contributed by atoms with Gasteiger partial charge in [0.15, 0.2) is 5.82 Å². The summed E-state index contributed by atoms with van der Waals surface area (Å²) in [6.45, 7) is 0. The fourth-order valence-electron chi connectivity index (χ4n) is 2.65. The van der Waals surface area contributed by atoms with Crippen LogP contribution in [0.1, 0.15) is 5.56 Å². The van der Waals surface area contributed by atoms with Crippen LogP contribution in [0.2, 0.25) is 0 Å². The Morgan fingerprint density at radius 1 is 1.11 bits per heavy atom. The highest BCUT2D eigenvalue weighted by molar-refractivity contribution is 9.10. The van der Waals surface area contributed by atoms with Gasteiger partial charge in [-0.05, 0) is 48.0 Å². The van der Waals surface area contributed by atoms with E-state index in [9.17, 15) is 9.18 Å². The molecule has 0 bridgehead atoms. The quantitative estimate of drug-likeness (QED) is 0.463. The van der Waals surface area contributed by atoms with Crippen LogP contribution >= 0.6 is 15.9 Å². The smallest absolute Gasteiger partial charge is 0.267 e. The van der Waals surface area contributed by atoms with Gasteiger partial charge in [0, 0.05) is 22.4 Å². The molecule has 0 saturated heterocycles. The maximum atomic E-state index is 13.4. The molecule has 0 N–H and O–H groups in total. The van der Waals surface area contributed by atoms with Gasteiger partial charge in [0.05, 0.1) is 17.1 Å². The SMILES string of the molecule is O=c1c2cc(Br)ccc2nc(-c2cccnc2)n1N=Cc1cccc(F)c1. The molecule has 0 radical (unpaired) electrons. The molecule has 2 heterocycles. The third kappa shape index (κ3) is 3.54. The first-order valence-electron chi connectivity index (χ1n) is 8.04. The zero-order valence-corrected chi connectivity index (χ0v) is 15.5. The Balaban J connectivity index is 1.96. The number of hydrogen-bond acceptors (Lipinski definition) is 4. The summed E-state index contributed by atoms with van der Waals surface area (Å²) in [5, 5.41) is 4.70. The van der Waals surface area contributed by atoms with Crippen LogP contribution in [0.25, 0.3) is 22.3 Å². The zero-order valence-electron chi connectivity index (χ0n) is 13.9. The van der Waals surface area contributed by atoms with Gasteiger partial charge in [-0.25, -0.2) is 9.37 Å². The predicted octanol–water partition coefficient (Wildman–Crippen LogP) is 4.24. The largest absolute Gasteiger partial charge is 0.282 e. The lowest BCUT2D eigenvalue weighted by Gasteiger charge is -2.09. The van der Waals surface area contributed by atoms with Gasteiger partial charge < -0.3 is 0 Å². The van der Waals surface area contributed by atoms with Gasteiger partial charge in [0.25, 0.3) is 5.56 Å².